The summed E-state index contributed by atoms with van der Waals surface area (Å²) in [6.07, 6.45) is 0. The number of hydrogen-bond acceptors (Lipinski definition) is 8. The number of methoxy groups -OCH3 is 2. The maximum atomic E-state index is 12.4. The van der Waals surface area contributed by atoms with E-state index in [1.807, 2.05) is 19.1 Å². The van der Waals surface area contributed by atoms with Crippen LogP contribution < -0.4 is 34.9 Å². The second-order valence-electron chi connectivity index (χ2n) is 7.54. The molecule has 4 rings (SSSR count). The molecule has 1 amide bonds. The molecular formula is C26H26N4O5S. The Morgan fingerprint density at radius 1 is 1.00 bits per heavy atom. The summed E-state index contributed by atoms with van der Waals surface area (Å²) in [5.74, 6) is 2.64. The molecule has 1 heterocycles. The summed E-state index contributed by atoms with van der Waals surface area (Å²) < 4.78 is 22.2. The molecule has 0 radical (unpaired) electrons. The fourth-order valence-electron chi connectivity index (χ4n) is 3.50. The number of nitrogens with zero attached hydrogens (tertiary/aromatic N) is 1. The van der Waals surface area contributed by atoms with E-state index in [4.69, 9.17) is 31.2 Å². The maximum Gasteiger partial charge on any atom is 0.257 e. The van der Waals surface area contributed by atoms with Crippen molar-refractivity contribution in [2.45, 2.75) is 6.92 Å². The molecule has 0 saturated heterocycles. The summed E-state index contributed by atoms with van der Waals surface area (Å²) >= 11 is 5.28. The van der Waals surface area contributed by atoms with Crippen molar-refractivity contribution in [1.82, 2.24) is 5.32 Å². The molecule has 3 aromatic carbocycles. The average molecular weight is 507 g/mol. The minimum absolute atomic E-state index is 0.181. The molecule has 1 aliphatic rings. The number of benzene rings is 3. The van der Waals surface area contributed by atoms with E-state index in [9.17, 15) is 4.79 Å². The second kappa shape index (κ2) is 11.4. The van der Waals surface area contributed by atoms with Gasteiger partial charge in [-0.2, -0.15) is 0 Å². The van der Waals surface area contributed by atoms with Gasteiger partial charge in [-0.1, -0.05) is 0 Å². The fraction of sp³-hybridized carbons (Fsp3) is 0.192. The van der Waals surface area contributed by atoms with Crippen molar-refractivity contribution in [2.24, 2.45) is 4.99 Å². The summed E-state index contributed by atoms with van der Waals surface area (Å²) in [5.41, 5.74) is 2.77. The van der Waals surface area contributed by atoms with Crippen molar-refractivity contribution in [3.8, 4) is 23.0 Å². The lowest BCUT2D eigenvalue weighted by molar-refractivity contribution is 0.0977. The predicted molar refractivity (Wildman–Crippen MR) is 143 cm³/mol. The number of thiocarbonyl (C=S) groups is 1. The Hall–Kier alpha value is -4.31. The summed E-state index contributed by atoms with van der Waals surface area (Å²) in [6, 6.07) is 17.7. The monoisotopic (exact) mass is 506 g/mol. The van der Waals surface area contributed by atoms with Crippen LogP contribution in [-0.2, 0) is 0 Å². The highest BCUT2D eigenvalue weighted by molar-refractivity contribution is 7.80. The van der Waals surface area contributed by atoms with Gasteiger partial charge in [-0.25, -0.2) is 4.99 Å². The van der Waals surface area contributed by atoms with Crippen molar-refractivity contribution in [3.05, 3.63) is 71.8 Å². The number of hydrogen-bond donors (Lipinski definition) is 3. The zero-order chi connectivity index (χ0) is 25.5. The minimum atomic E-state index is -0.315. The van der Waals surface area contributed by atoms with E-state index in [1.54, 1.807) is 62.8 Å². The highest BCUT2D eigenvalue weighted by atomic mass is 32.1. The van der Waals surface area contributed by atoms with Crippen LogP contribution in [0.1, 0.15) is 22.8 Å². The van der Waals surface area contributed by atoms with E-state index in [2.05, 4.69) is 20.9 Å². The Bertz CT molecular complexity index is 1280. The SMILES string of the molecule is CCOc1ccc(C(=O)NC(=S)Nc2ccc(OC3=NCNc4cc(OC)c(OC)cc43)cc2)cc1. The number of aliphatic imine (C=N–C) groups is 1. The molecule has 0 aromatic heterocycles. The lowest BCUT2D eigenvalue weighted by atomic mass is 10.1. The van der Waals surface area contributed by atoms with Crippen LogP contribution in [0.3, 0.4) is 0 Å². The number of carbonyl (C=O) groups is 1. The van der Waals surface area contributed by atoms with Crippen molar-refractivity contribution in [3.63, 3.8) is 0 Å². The lowest BCUT2D eigenvalue weighted by Gasteiger charge is -2.21. The van der Waals surface area contributed by atoms with Crippen LogP contribution in [-0.4, -0.2) is 44.4 Å². The molecule has 0 saturated carbocycles. The molecule has 186 valence electrons. The van der Waals surface area contributed by atoms with Gasteiger partial charge < -0.3 is 29.6 Å². The molecular weight excluding hydrogens is 480 g/mol. The third-order valence-electron chi connectivity index (χ3n) is 5.23. The number of ether oxygens (including phenoxy) is 4. The quantitative estimate of drug-likeness (QED) is 0.405. The summed E-state index contributed by atoms with van der Waals surface area (Å²) in [7, 11) is 3.17. The highest BCUT2D eigenvalue weighted by Gasteiger charge is 2.20. The average Bonchev–Trinajstić information content (AvgIpc) is 2.89. The highest BCUT2D eigenvalue weighted by Crippen LogP contribution is 2.35. The van der Waals surface area contributed by atoms with Gasteiger partial charge in [0, 0.05) is 17.3 Å². The van der Waals surface area contributed by atoms with Crippen LogP contribution in [0, 0.1) is 0 Å². The number of carbonyl (C=O) groups excluding carboxylic acids is 1. The van der Waals surface area contributed by atoms with Gasteiger partial charge in [-0.15, -0.1) is 0 Å². The van der Waals surface area contributed by atoms with Crippen LogP contribution >= 0.6 is 12.2 Å². The molecule has 3 aromatic rings. The van der Waals surface area contributed by atoms with Crippen molar-refractivity contribution in [2.75, 3.05) is 38.1 Å². The van der Waals surface area contributed by atoms with Gasteiger partial charge in [0.2, 0.25) is 5.90 Å². The molecule has 0 fully saturated rings. The minimum Gasteiger partial charge on any atom is -0.494 e. The number of amides is 1. The van der Waals surface area contributed by atoms with Crippen LogP contribution in [0.25, 0.3) is 0 Å². The summed E-state index contributed by atoms with van der Waals surface area (Å²) in [5, 5.41) is 9.05. The largest absolute Gasteiger partial charge is 0.494 e. The summed E-state index contributed by atoms with van der Waals surface area (Å²) in [4.78, 5) is 16.9. The first-order valence-corrected chi connectivity index (χ1v) is 11.6. The topological polar surface area (TPSA) is 102 Å². The molecule has 36 heavy (non-hydrogen) atoms. The zero-order valence-electron chi connectivity index (χ0n) is 20.1. The first kappa shape index (κ1) is 24.8. The normalized spacial score (nSPS) is 11.8. The maximum absolute atomic E-state index is 12.4. The number of anilines is 2. The van der Waals surface area contributed by atoms with E-state index >= 15 is 0 Å². The van der Waals surface area contributed by atoms with Gasteiger partial charge in [0.05, 0.1) is 32.1 Å². The van der Waals surface area contributed by atoms with Crippen LogP contribution in [0.2, 0.25) is 0 Å². The van der Waals surface area contributed by atoms with E-state index < -0.39 is 0 Å². The Kier molecular flexibility index (Phi) is 7.86. The lowest BCUT2D eigenvalue weighted by Crippen LogP contribution is -2.34. The molecule has 0 bridgehead atoms. The molecule has 3 N–H and O–H groups in total. The van der Waals surface area contributed by atoms with Crippen LogP contribution in [0.5, 0.6) is 23.0 Å². The number of rotatable bonds is 7. The van der Waals surface area contributed by atoms with Crippen molar-refractivity contribution >= 4 is 40.5 Å². The number of nitrogens with one attached hydrogen (secondary N) is 3. The first-order valence-electron chi connectivity index (χ1n) is 11.2. The predicted octanol–water partition coefficient (Wildman–Crippen LogP) is 4.44. The van der Waals surface area contributed by atoms with Crippen LogP contribution in [0.15, 0.2) is 65.7 Å². The third-order valence-corrected chi connectivity index (χ3v) is 5.43. The van der Waals surface area contributed by atoms with Gasteiger partial charge >= 0.3 is 0 Å². The van der Waals surface area contributed by atoms with E-state index in [0.29, 0.717) is 53.4 Å². The van der Waals surface area contributed by atoms with Gasteiger partial charge in [0.15, 0.2) is 16.6 Å². The number of fused-ring (bicyclic) bond motifs is 1. The Balaban J connectivity index is 1.37. The molecule has 9 nitrogen and oxygen atoms in total. The molecule has 0 atom stereocenters. The molecule has 0 unspecified atom stereocenters. The van der Waals surface area contributed by atoms with Gasteiger partial charge in [-0.3, -0.25) is 10.1 Å². The molecule has 1 aliphatic heterocycles. The standard InChI is InChI=1S/C26H26N4O5S/c1-4-34-18-9-5-16(6-10-18)24(31)30-26(36)29-17-7-11-19(12-8-17)35-25-20-13-22(32-2)23(33-3)14-21(20)27-15-28-25/h5-14,27H,4,15H2,1-3H3,(H2,29,30,31,36). The van der Waals surface area contributed by atoms with Gasteiger partial charge in [0.1, 0.15) is 18.2 Å². The van der Waals surface area contributed by atoms with E-state index in [1.165, 1.54) is 0 Å². The van der Waals surface area contributed by atoms with E-state index in [0.717, 1.165) is 11.3 Å². The fourth-order valence-corrected chi connectivity index (χ4v) is 3.71. The Labute approximate surface area is 214 Å². The third kappa shape index (κ3) is 5.84. The van der Waals surface area contributed by atoms with Crippen molar-refractivity contribution in [1.29, 1.82) is 0 Å². The molecule has 0 spiro atoms. The second-order valence-corrected chi connectivity index (χ2v) is 7.95. The van der Waals surface area contributed by atoms with Crippen LogP contribution in [0.4, 0.5) is 11.4 Å². The smallest absolute Gasteiger partial charge is 0.257 e. The van der Waals surface area contributed by atoms with Gasteiger partial charge in [0.25, 0.3) is 5.91 Å². The van der Waals surface area contributed by atoms with Gasteiger partial charge in [-0.05, 0) is 73.7 Å². The zero-order valence-corrected chi connectivity index (χ0v) is 20.9. The van der Waals surface area contributed by atoms with E-state index in [-0.39, 0.29) is 11.0 Å². The summed E-state index contributed by atoms with van der Waals surface area (Å²) in [6.45, 7) is 2.84. The Morgan fingerprint density at radius 3 is 2.33 bits per heavy atom. The first-order chi connectivity index (χ1) is 17.5. The Morgan fingerprint density at radius 2 is 1.67 bits per heavy atom. The van der Waals surface area contributed by atoms with Crippen molar-refractivity contribution < 1.29 is 23.7 Å². The molecule has 10 heteroatoms. The molecule has 0 aliphatic carbocycles.